The molecule has 3 rings (SSSR count). The van der Waals surface area contributed by atoms with E-state index in [1.54, 1.807) is 0 Å². The lowest BCUT2D eigenvalue weighted by Crippen LogP contribution is -2.43. The van der Waals surface area contributed by atoms with Gasteiger partial charge in [0, 0.05) is 31.2 Å². The number of anilines is 1. The van der Waals surface area contributed by atoms with Gasteiger partial charge in [-0.15, -0.1) is 0 Å². The van der Waals surface area contributed by atoms with Gasteiger partial charge in [0.2, 0.25) is 5.91 Å². The van der Waals surface area contributed by atoms with Gasteiger partial charge >= 0.3 is 6.03 Å². The van der Waals surface area contributed by atoms with E-state index < -0.39 is 0 Å². The molecule has 2 N–H and O–H groups in total. The highest BCUT2D eigenvalue weighted by molar-refractivity contribution is 5.89. The number of hydrogen-bond acceptors (Lipinski definition) is 2. The number of nitrogens with one attached hydrogen (secondary N) is 2. The van der Waals surface area contributed by atoms with Crippen molar-refractivity contribution in [1.29, 1.82) is 0 Å². The standard InChI is InChI=1S/C20H29N3O2/c1-15-7-2-3-10-18(15)22-20(25)21-17-9-6-8-16(13-17)14-23-12-5-4-11-19(23)24/h6,8-9,13,15,18H,2-5,7,10-12,14H2,1H3,(H2,21,22,25). The average Bonchev–Trinajstić information content (AvgIpc) is 2.59. The number of likely N-dealkylation sites (tertiary alicyclic amines) is 1. The Labute approximate surface area is 150 Å². The minimum Gasteiger partial charge on any atom is -0.338 e. The molecule has 136 valence electrons. The van der Waals surface area contributed by atoms with Crippen molar-refractivity contribution in [3.05, 3.63) is 29.8 Å². The first-order valence-electron chi connectivity index (χ1n) is 9.56. The summed E-state index contributed by atoms with van der Waals surface area (Å²) >= 11 is 0. The van der Waals surface area contributed by atoms with E-state index in [2.05, 4.69) is 17.6 Å². The molecule has 0 bridgehead atoms. The maximum atomic E-state index is 12.3. The Morgan fingerprint density at radius 2 is 2.04 bits per heavy atom. The molecule has 0 spiro atoms. The summed E-state index contributed by atoms with van der Waals surface area (Å²) in [5.74, 6) is 0.768. The predicted molar refractivity (Wildman–Crippen MR) is 99.3 cm³/mol. The summed E-state index contributed by atoms with van der Waals surface area (Å²) in [6.07, 6.45) is 7.42. The molecule has 2 unspecified atom stereocenters. The number of amides is 3. The second kappa shape index (κ2) is 8.37. The van der Waals surface area contributed by atoms with Crippen LogP contribution in [0.1, 0.15) is 57.4 Å². The predicted octanol–water partition coefficient (Wildman–Crippen LogP) is 3.90. The van der Waals surface area contributed by atoms with Crippen LogP contribution in [0.2, 0.25) is 0 Å². The van der Waals surface area contributed by atoms with Crippen LogP contribution < -0.4 is 10.6 Å². The smallest absolute Gasteiger partial charge is 0.319 e. The fourth-order valence-electron chi connectivity index (χ4n) is 3.86. The minimum absolute atomic E-state index is 0.134. The first-order chi connectivity index (χ1) is 12.1. The van der Waals surface area contributed by atoms with Crippen LogP contribution in [0.3, 0.4) is 0 Å². The van der Waals surface area contributed by atoms with Crippen LogP contribution in [0, 0.1) is 5.92 Å². The molecule has 25 heavy (non-hydrogen) atoms. The molecule has 1 aliphatic carbocycles. The molecular weight excluding hydrogens is 314 g/mol. The third-order valence-electron chi connectivity index (χ3n) is 5.41. The van der Waals surface area contributed by atoms with Gasteiger partial charge in [0.05, 0.1) is 0 Å². The molecule has 0 radical (unpaired) electrons. The second-order valence-electron chi connectivity index (χ2n) is 7.44. The monoisotopic (exact) mass is 343 g/mol. The van der Waals surface area contributed by atoms with Crippen molar-refractivity contribution in [3.63, 3.8) is 0 Å². The molecule has 1 saturated carbocycles. The van der Waals surface area contributed by atoms with E-state index in [9.17, 15) is 9.59 Å². The quantitative estimate of drug-likeness (QED) is 0.871. The summed E-state index contributed by atoms with van der Waals surface area (Å²) in [5, 5.41) is 6.06. The number of urea groups is 1. The van der Waals surface area contributed by atoms with Crippen molar-refractivity contribution in [3.8, 4) is 0 Å². The lowest BCUT2D eigenvalue weighted by atomic mass is 9.86. The summed E-state index contributed by atoms with van der Waals surface area (Å²) in [6.45, 7) is 3.66. The lowest BCUT2D eigenvalue weighted by molar-refractivity contribution is -0.133. The molecule has 1 saturated heterocycles. The van der Waals surface area contributed by atoms with E-state index in [0.29, 0.717) is 18.9 Å². The van der Waals surface area contributed by atoms with Crippen LogP contribution >= 0.6 is 0 Å². The summed E-state index contributed by atoms with van der Waals surface area (Å²) in [4.78, 5) is 26.2. The topological polar surface area (TPSA) is 61.4 Å². The van der Waals surface area contributed by atoms with Gasteiger partial charge in [-0.25, -0.2) is 4.79 Å². The summed E-state index contributed by atoms with van der Waals surface area (Å²) in [7, 11) is 0. The van der Waals surface area contributed by atoms with E-state index in [1.165, 1.54) is 19.3 Å². The first-order valence-corrected chi connectivity index (χ1v) is 9.56. The van der Waals surface area contributed by atoms with Crippen molar-refractivity contribution < 1.29 is 9.59 Å². The molecule has 2 aliphatic rings. The summed E-state index contributed by atoms with van der Waals surface area (Å²) in [5.41, 5.74) is 1.84. The third kappa shape index (κ3) is 4.97. The summed E-state index contributed by atoms with van der Waals surface area (Å²) < 4.78 is 0. The van der Waals surface area contributed by atoms with Gasteiger partial charge in [0.1, 0.15) is 0 Å². The molecule has 3 amide bonds. The second-order valence-corrected chi connectivity index (χ2v) is 7.44. The third-order valence-corrected chi connectivity index (χ3v) is 5.41. The minimum atomic E-state index is -0.134. The number of carbonyl (C=O) groups is 2. The van der Waals surface area contributed by atoms with Crippen molar-refractivity contribution in [2.75, 3.05) is 11.9 Å². The maximum Gasteiger partial charge on any atom is 0.319 e. The normalized spacial score (nSPS) is 24.0. The molecule has 1 aromatic carbocycles. The Kier molecular flexibility index (Phi) is 5.95. The average molecular weight is 343 g/mol. The molecule has 2 fully saturated rings. The largest absolute Gasteiger partial charge is 0.338 e. The van der Waals surface area contributed by atoms with E-state index in [0.717, 1.165) is 37.1 Å². The number of piperidine rings is 1. The molecule has 2 atom stereocenters. The molecule has 1 aliphatic heterocycles. The number of rotatable bonds is 4. The van der Waals surface area contributed by atoms with Crippen molar-refractivity contribution in [2.24, 2.45) is 5.92 Å². The fraction of sp³-hybridized carbons (Fsp3) is 0.600. The van der Waals surface area contributed by atoms with Gasteiger partial charge in [-0.1, -0.05) is 31.9 Å². The Hall–Kier alpha value is -2.04. The molecule has 0 aromatic heterocycles. The highest BCUT2D eigenvalue weighted by atomic mass is 16.2. The SMILES string of the molecule is CC1CCCCC1NC(=O)Nc1cccc(CN2CCCCC2=O)c1. The van der Waals surface area contributed by atoms with Gasteiger partial charge < -0.3 is 15.5 Å². The van der Waals surface area contributed by atoms with Crippen molar-refractivity contribution in [2.45, 2.75) is 64.5 Å². The van der Waals surface area contributed by atoms with Gasteiger partial charge in [-0.05, 0) is 49.3 Å². The van der Waals surface area contributed by atoms with Crippen molar-refractivity contribution in [1.82, 2.24) is 10.2 Å². The van der Waals surface area contributed by atoms with Crippen LogP contribution in [0.25, 0.3) is 0 Å². The molecule has 5 heteroatoms. The van der Waals surface area contributed by atoms with E-state index in [4.69, 9.17) is 0 Å². The van der Waals surface area contributed by atoms with Crippen LogP contribution in [-0.4, -0.2) is 29.4 Å². The fourth-order valence-corrected chi connectivity index (χ4v) is 3.86. The van der Waals surface area contributed by atoms with Gasteiger partial charge in [-0.3, -0.25) is 4.79 Å². The van der Waals surface area contributed by atoms with E-state index in [1.807, 2.05) is 29.2 Å². The van der Waals surface area contributed by atoms with Crippen LogP contribution in [0.5, 0.6) is 0 Å². The zero-order valence-corrected chi connectivity index (χ0v) is 15.1. The highest BCUT2D eigenvalue weighted by Gasteiger charge is 2.23. The van der Waals surface area contributed by atoms with Gasteiger partial charge in [0.25, 0.3) is 0 Å². The maximum absolute atomic E-state index is 12.3. The number of benzene rings is 1. The lowest BCUT2D eigenvalue weighted by Gasteiger charge is -2.29. The number of nitrogens with zero attached hydrogens (tertiary/aromatic N) is 1. The zero-order valence-electron chi connectivity index (χ0n) is 15.1. The van der Waals surface area contributed by atoms with Crippen LogP contribution in [0.15, 0.2) is 24.3 Å². The van der Waals surface area contributed by atoms with Gasteiger partial charge in [0.15, 0.2) is 0 Å². The Balaban J connectivity index is 1.55. The molecule has 1 heterocycles. The zero-order chi connectivity index (χ0) is 17.6. The first kappa shape index (κ1) is 17.8. The Bertz CT molecular complexity index is 617. The van der Waals surface area contributed by atoms with E-state index in [-0.39, 0.29) is 18.0 Å². The highest BCUT2D eigenvalue weighted by Crippen LogP contribution is 2.24. The van der Waals surface area contributed by atoms with E-state index >= 15 is 0 Å². The Morgan fingerprint density at radius 3 is 2.84 bits per heavy atom. The van der Waals surface area contributed by atoms with Crippen LogP contribution in [0.4, 0.5) is 10.5 Å². The molecule has 1 aromatic rings. The Morgan fingerprint density at radius 1 is 1.20 bits per heavy atom. The molecule has 5 nitrogen and oxygen atoms in total. The van der Waals surface area contributed by atoms with Crippen molar-refractivity contribution >= 4 is 17.6 Å². The summed E-state index contributed by atoms with van der Waals surface area (Å²) in [6, 6.07) is 7.93. The molecular formula is C20H29N3O2. The van der Waals surface area contributed by atoms with Gasteiger partial charge in [-0.2, -0.15) is 0 Å². The number of carbonyl (C=O) groups excluding carboxylic acids is 2. The number of hydrogen-bond donors (Lipinski definition) is 2. The van der Waals surface area contributed by atoms with Crippen LogP contribution in [-0.2, 0) is 11.3 Å².